The van der Waals surface area contributed by atoms with Crippen molar-refractivity contribution in [2.45, 2.75) is 6.54 Å². The number of rotatable bonds is 3. The minimum absolute atomic E-state index is 0.0749. The van der Waals surface area contributed by atoms with Crippen molar-refractivity contribution >= 4 is 11.0 Å². The highest BCUT2D eigenvalue weighted by Crippen LogP contribution is 2.23. The third-order valence-corrected chi connectivity index (χ3v) is 4.06. The third-order valence-electron chi connectivity index (χ3n) is 4.06. The molecule has 0 fully saturated rings. The number of hydrogen-bond donors (Lipinski definition) is 1. The van der Waals surface area contributed by atoms with Crippen LogP contribution in [-0.2, 0) is 6.54 Å². The molecular weight excluding hydrogens is 284 g/mol. The summed E-state index contributed by atoms with van der Waals surface area (Å²) in [5.74, 6) is 0. The summed E-state index contributed by atoms with van der Waals surface area (Å²) in [5, 5.41) is 0. The molecular formula is C20H16N2O. The minimum Gasteiger partial charge on any atom is -0.306 e. The number of hydrogen-bond acceptors (Lipinski definition) is 1. The zero-order chi connectivity index (χ0) is 15.6. The summed E-state index contributed by atoms with van der Waals surface area (Å²) < 4.78 is 1.78. The normalized spacial score (nSPS) is 11.0. The summed E-state index contributed by atoms with van der Waals surface area (Å²) in [4.78, 5) is 15.3. The topological polar surface area (TPSA) is 37.8 Å². The minimum atomic E-state index is -0.0749. The number of benzene rings is 3. The van der Waals surface area contributed by atoms with Gasteiger partial charge < -0.3 is 4.98 Å². The summed E-state index contributed by atoms with van der Waals surface area (Å²) in [6.07, 6.45) is 0. The zero-order valence-corrected chi connectivity index (χ0v) is 12.6. The maximum absolute atomic E-state index is 12.3. The van der Waals surface area contributed by atoms with E-state index in [-0.39, 0.29) is 5.69 Å². The first-order valence-corrected chi connectivity index (χ1v) is 7.63. The Morgan fingerprint density at radius 3 is 2.22 bits per heavy atom. The smallest absolute Gasteiger partial charge is 0.306 e. The van der Waals surface area contributed by atoms with Gasteiger partial charge in [0.05, 0.1) is 17.6 Å². The standard InChI is InChI=1S/C20H16N2O/c23-20-21-18-13-17(16-9-5-2-6-10-16)11-12-19(18)22(20)14-15-7-3-1-4-8-15/h1-13H,14H2,(H,21,23). The van der Waals surface area contributed by atoms with Crippen molar-refractivity contribution in [3.8, 4) is 11.1 Å². The number of aromatic amines is 1. The van der Waals surface area contributed by atoms with Gasteiger partial charge in [-0.15, -0.1) is 0 Å². The highest BCUT2D eigenvalue weighted by Gasteiger charge is 2.08. The van der Waals surface area contributed by atoms with Crippen molar-refractivity contribution in [1.82, 2.24) is 9.55 Å². The van der Waals surface area contributed by atoms with E-state index in [2.05, 4.69) is 23.2 Å². The van der Waals surface area contributed by atoms with Gasteiger partial charge in [0, 0.05) is 0 Å². The second kappa shape index (κ2) is 5.61. The lowest BCUT2D eigenvalue weighted by Gasteiger charge is -2.05. The van der Waals surface area contributed by atoms with Gasteiger partial charge in [0.2, 0.25) is 0 Å². The van der Waals surface area contributed by atoms with Gasteiger partial charge in [-0.1, -0.05) is 66.7 Å². The van der Waals surface area contributed by atoms with Gasteiger partial charge in [-0.25, -0.2) is 4.79 Å². The number of nitrogens with zero attached hydrogens (tertiary/aromatic N) is 1. The molecule has 0 bridgehead atoms. The molecule has 1 N–H and O–H groups in total. The lowest BCUT2D eigenvalue weighted by Crippen LogP contribution is -2.17. The van der Waals surface area contributed by atoms with Crippen LogP contribution in [0.4, 0.5) is 0 Å². The average molecular weight is 300 g/mol. The molecule has 4 aromatic rings. The van der Waals surface area contributed by atoms with Crippen molar-refractivity contribution in [3.05, 3.63) is 94.9 Å². The van der Waals surface area contributed by atoms with E-state index in [0.29, 0.717) is 6.54 Å². The molecule has 0 radical (unpaired) electrons. The summed E-state index contributed by atoms with van der Waals surface area (Å²) in [5.41, 5.74) is 5.08. The van der Waals surface area contributed by atoms with Gasteiger partial charge in [-0.05, 0) is 28.8 Å². The second-order valence-corrected chi connectivity index (χ2v) is 5.60. The first-order valence-electron chi connectivity index (χ1n) is 7.63. The van der Waals surface area contributed by atoms with Gasteiger partial charge in [0.15, 0.2) is 0 Å². The van der Waals surface area contributed by atoms with Crippen LogP contribution in [0.5, 0.6) is 0 Å². The lowest BCUT2D eigenvalue weighted by atomic mass is 10.1. The molecule has 1 aromatic heterocycles. The fraction of sp³-hybridized carbons (Fsp3) is 0.0500. The Hall–Kier alpha value is -3.07. The SMILES string of the molecule is O=c1[nH]c2cc(-c3ccccc3)ccc2n1Cc1ccccc1. The van der Waals surface area contributed by atoms with Gasteiger partial charge in [-0.3, -0.25) is 4.57 Å². The first-order chi connectivity index (χ1) is 11.3. The van der Waals surface area contributed by atoms with Crippen molar-refractivity contribution in [3.63, 3.8) is 0 Å². The Balaban J connectivity index is 1.79. The number of fused-ring (bicyclic) bond motifs is 1. The average Bonchev–Trinajstić information content (AvgIpc) is 2.91. The van der Waals surface area contributed by atoms with E-state index >= 15 is 0 Å². The Morgan fingerprint density at radius 2 is 1.48 bits per heavy atom. The van der Waals surface area contributed by atoms with E-state index in [0.717, 1.165) is 27.7 Å². The summed E-state index contributed by atoms with van der Waals surface area (Å²) >= 11 is 0. The van der Waals surface area contributed by atoms with E-state index in [1.165, 1.54) is 0 Å². The predicted octanol–water partition coefficient (Wildman–Crippen LogP) is 4.04. The monoisotopic (exact) mass is 300 g/mol. The Morgan fingerprint density at radius 1 is 0.783 bits per heavy atom. The predicted molar refractivity (Wildman–Crippen MR) is 93.5 cm³/mol. The van der Waals surface area contributed by atoms with Crippen LogP contribution >= 0.6 is 0 Å². The molecule has 0 aliphatic carbocycles. The molecule has 3 nitrogen and oxygen atoms in total. The van der Waals surface area contributed by atoms with Crippen LogP contribution in [0, 0.1) is 0 Å². The van der Waals surface area contributed by atoms with Gasteiger partial charge in [0.25, 0.3) is 0 Å². The molecule has 3 heteroatoms. The Bertz CT molecular complexity index is 998. The van der Waals surface area contributed by atoms with Crippen LogP contribution < -0.4 is 5.69 Å². The maximum Gasteiger partial charge on any atom is 0.326 e. The van der Waals surface area contributed by atoms with Gasteiger partial charge in [0.1, 0.15) is 0 Å². The number of nitrogens with one attached hydrogen (secondary N) is 1. The fourth-order valence-corrected chi connectivity index (χ4v) is 2.90. The van der Waals surface area contributed by atoms with Crippen LogP contribution in [-0.4, -0.2) is 9.55 Å². The number of imidazole rings is 1. The molecule has 0 spiro atoms. The maximum atomic E-state index is 12.3. The number of H-pyrrole nitrogens is 1. The molecule has 1 heterocycles. The van der Waals surface area contributed by atoms with Crippen LogP contribution in [0.3, 0.4) is 0 Å². The molecule has 0 aliphatic rings. The molecule has 0 aliphatic heterocycles. The quantitative estimate of drug-likeness (QED) is 0.609. The van der Waals surface area contributed by atoms with Crippen LogP contribution in [0.25, 0.3) is 22.2 Å². The molecule has 4 rings (SSSR count). The summed E-state index contributed by atoms with van der Waals surface area (Å²) in [6.45, 7) is 0.574. The largest absolute Gasteiger partial charge is 0.326 e. The van der Waals surface area contributed by atoms with Crippen LogP contribution in [0.15, 0.2) is 83.7 Å². The van der Waals surface area contributed by atoms with Gasteiger partial charge >= 0.3 is 5.69 Å². The molecule has 23 heavy (non-hydrogen) atoms. The van der Waals surface area contributed by atoms with E-state index in [1.807, 2.05) is 60.7 Å². The van der Waals surface area contributed by atoms with E-state index in [1.54, 1.807) is 4.57 Å². The molecule has 0 amide bonds. The van der Waals surface area contributed by atoms with Crippen molar-refractivity contribution < 1.29 is 0 Å². The van der Waals surface area contributed by atoms with E-state index in [4.69, 9.17) is 0 Å². The van der Waals surface area contributed by atoms with Crippen molar-refractivity contribution in [2.75, 3.05) is 0 Å². The molecule has 0 atom stereocenters. The zero-order valence-electron chi connectivity index (χ0n) is 12.6. The third kappa shape index (κ3) is 2.57. The Kier molecular flexibility index (Phi) is 3.31. The van der Waals surface area contributed by atoms with Crippen molar-refractivity contribution in [1.29, 1.82) is 0 Å². The van der Waals surface area contributed by atoms with E-state index in [9.17, 15) is 4.79 Å². The van der Waals surface area contributed by atoms with Gasteiger partial charge in [-0.2, -0.15) is 0 Å². The first kappa shape index (κ1) is 13.6. The lowest BCUT2D eigenvalue weighted by molar-refractivity contribution is 0.787. The highest BCUT2D eigenvalue weighted by atomic mass is 16.1. The fourth-order valence-electron chi connectivity index (χ4n) is 2.90. The number of aromatic nitrogens is 2. The highest BCUT2D eigenvalue weighted by molar-refractivity contribution is 5.82. The molecule has 0 unspecified atom stereocenters. The second-order valence-electron chi connectivity index (χ2n) is 5.60. The Labute approximate surface area is 133 Å². The van der Waals surface area contributed by atoms with Crippen molar-refractivity contribution in [2.24, 2.45) is 0 Å². The molecule has 0 saturated heterocycles. The molecule has 0 saturated carbocycles. The summed E-state index contributed by atoms with van der Waals surface area (Å²) in [6, 6.07) is 26.3. The molecule has 112 valence electrons. The van der Waals surface area contributed by atoms with Crippen LogP contribution in [0.1, 0.15) is 5.56 Å². The van der Waals surface area contributed by atoms with E-state index < -0.39 is 0 Å². The molecule has 3 aromatic carbocycles. The van der Waals surface area contributed by atoms with Crippen LogP contribution in [0.2, 0.25) is 0 Å². The summed E-state index contributed by atoms with van der Waals surface area (Å²) in [7, 11) is 0.